The zero-order chi connectivity index (χ0) is 18.7. The lowest BCUT2D eigenvalue weighted by molar-refractivity contribution is -0.114. The number of halogens is 1. The third-order valence-corrected chi connectivity index (χ3v) is 4.17. The SMILES string of the molecule is CC(=O)Nc1ccc(F)c(NC(=O)NC(c2cc(C)ccn2)C2CC2)c1. The van der Waals surface area contributed by atoms with Crippen molar-refractivity contribution in [2.45, 2.75) is 32.7 Å². The Morgan fingerprint density at radius 3 is 2.62 bits per heavy atom. The second-order valence-corrected chi connectivity index (χ2v) is 6.55. The minimum Gasteiger partial charge on any atom is -0.329 e. The van der Waals surface area contributed by atoms with Crippen LogP contribution in [0.3, 0.4) is 0 Å². The molecule has 6 nitrogen and oxygen atoms in total. The molecule has 26 heavy (non-hydrogen) atoms. The largest absolute Gasteiger partial charge is 0.329 e. The third kappa shape index (κ3) is 4.56. The maximum atomic E-state index is 14.0. The molecule has 3 N–H and O–H groups in total. The molecular weight excluding hydrogens is 335 g/mol. The number of amides is 3. The molecule has 3 amide bonds. The highest BCUT2D eigenvalue weighted by molar-refractivity contribution is 5.92. The molecule has 1 aromatic carbocycles. The van der Waals surface area contributed by atoms with Gasteiger partial charge in [0.05, 0.1) is 17.4 Å². The van der Waals surface area contributed by atoms with Crippen LogP contribution in [0.1, 0.15) is 37.1 Å². The molecule has 1 heterocycles. The Labute approximate surface area is 151 Å². The number of benzene rings is 1. The summed E-state index contributed by atoms with van der Waals surface area (Å²) in [4.78, 5) is 27.9. The lowest BCUT2D eigenvalue weighted by Gasteiger charge is -2.19. The van der Waals surface area contributed by atoms with Crippen LogP contribution in [0, 0.1) is 18.7 Å². The van der Waals surface area contributed by atoms with Gasteiger partial charge < -0.3 is 16.0 Å². The number of aromatic nitrogens is 1. The van der Waals surface area contributed by atoms with Crippen LogP contribution in [0.4, 0.5) is 20.6 Å². The van der Waals surface area contributed by atoms with E-state index in [2.05, 4.69) is 20.9 Å². The Morgan fingerprint density at radius 2 is 1.96 bits per heavy atom. The Kier molecular flexibility index (Phi) is 5.16. The summed E-state index contributed by atoms with van der Waals surface area (Å²) in [6.45, 7) is 3.33. The van der Waals surface area contributed by atoms with Crippen LogP contribution in [-0.2, 0) is 4.79 Å². The van der Waals surface area contributed by atoms with E-state index in [0.717, 1.165) is 24.1 Å². The van der Waals surface area contributed by atoms with Gasteiger partial charge in [0.15, 0.2) is 0 Å². The quantitative estimate of drug-likeness (QED) is 0.763. The molecule has 7 heteroatoms. The Bertz CT molecular complexity index is 836. The number of nitrogens with one attached hydrogen (secondary N) is 3. The molecule has 0 radical (unpaired) electrons. The first-order valence-electron chi connectivity index (χ1n) is 8.49. The topological polar surface area (TPSA) is 83.1 Å². The molecule has 0 aliphatic heterocycles. The van der Waals surface area contributed by atoms with E-state index in [4.69, 9.17) is 0 Å². The van der Waals surface area contributed by atoms with Gasteiger partial charge in [-0.05, 0) is 61.6 Å². The van der Waals surface area contributed by atoms with Crippen LogP contribution >= 0.6 is 0 Å². The van der Waals surface area contributed by atoms with Crippen LogP contribution in [-0.4, -0.2) is 16.9 Å². The van der Waals surface area contributed by atoms with Crippen molar-refractivity contribution in [3.05, 3.63) is 53.6 Å². The second kappa shape index (κ2) is 7.51. The summed E-state index contributed by atoms with van der Waals surface area (Å²) in [7, 11) is 0. The number of nitrogens with zero attached hydrogens (tertiary/aromatic N) is 1. The number of hydrogen-bond acceptors (Lipinski definition) is 3. The average Bonchev–Trinajstić information content (AvgIpc) is 3.40. The van der Waals surface area contributed by atoms with Gasteiger partial charge in [0, 0.05) is 18.8 Å². The minimum absolute atomic E-state index is 0.000461. The molecule has 136 valence electrons. The van der Waals surface area contributed by atoms with E-state index in [9.17, 15) is 14.0 Å². The van der Waals surface area contributed by atoms with Crippen LogP contribution in [0.25, 0.3) is 0 Å². The molecule has 1 atom stereocenters. The second-order valence-electron chi connectivity index (χ2n) is 6.55. The van der Waals surface area contributed by atoms with E-state index >= 15 is 0 Å². The fourth-order valence-corrected chi connectivity index (χ4v) is 2.79. The van der Waals surface area contributed by atoms with Gasteiger partial charge in [-0.3, -0.25) is 9.78 Å². The first kappa shape index (κ1) is 17.8. The van der Waals surface area contributed by atoms with Gasteiger partial charge in [0.2, 0.25) is 5.91 Å². The molecule has 0 bridgehead atoms. The summed E-state index contributed by atoms with van der Waals surface area (Å²) < 4.78 is 14.0. The van der Waals surface area contributed by atoms with Gasteiger partial charge >= 0.3 is 6.03 Å². The lowest BCUT2D eigenvalue weighted by Crippen LogP contribution is -2.34. The predicted molar refractivity (Wildman–Crippen MR) is 97.3 cm³/mol. The summed E-state index contributed by atoms with van der Waals surface area (Å²) >= 11 is 0. The van der Waals surface area contributed by atoms with Crippen molar-refractivity contribution in [3.8, 4) is 0 Å². The number of rotatable bonds is 5. The lowest BCUT2D eigenvalue weighted by atomic mass is 10.1. The van der Waals surface area contributed by atoms with E-state index in [1.807, 2.05) is 19.1 Å². The molecule has 1 fully saturated rings. The molecule has 0 spiro atoms. The van der Waals surface area contributed by atoms with Gasteiger partial charge in [-0.1, -0.05) is 0 Å². The van der Waals surface area contributed by atoms with E-state index in [1.165, 1.54) is 25.1 Å². The standard InChI is InChI=1S/C19H21FN4O2/c1-11-7-8-21-17(9-11)18(13-3-4-13)24-19(26)23-16-10-14(22-12(2)25)5-6-15(16)20/h5-10,13,18H,3-4H2,1-2H3,(H,22,25)(H2,23,24,26). The van der Waals surface area contributed by atoms with E-state index < -0.39 is 11.8 Å². The summed E-state index contributed by atoms with van der Waals surface area (Å²) in [5.74, 6) is -0.511. The van der Waals surface area contributed by atoms with Crippen molar-refractivity contribution in [1.82, 2.24) is 10.3 Å². The maximum absolute atomic E-state index is 14.0. The highest BCUT2D eigenvalue weighted by Gasteiger charge is 2.34. The van der Waals surface area contributed by atoms with Gasteiger partial charge in [-0.2, -0.15) is 0 Å². The summed E-state index contributed by atoms with van der Waals surface area (Å²) in [5, 5.41) is 7.97. The third-order valence-electron chi connectivity index (χ3n) is 4.17. The summed E-state index contributed by atoms with van der Waals surface area (Å²) in [6, 6.07) is 7.14. The van der Waals surface area contributed by atoms with Crippen molar-refractivity contribution in [3.63, 3.8) is 0 Å². The molecule has 0 saturated heterocycles. The van der Waals surface area contributed by atoms with Gasteiger partial charge in [0.1, 0.15) is 5.82 Å². The number of pyridine rings is 1. The number of carbonyl (C=O) groups excluding carboxylic acids is 2. The Morgan fingerprint density at radius 1 is 1.19 bits per heavy atom. The fraction of sp³-hybridized carbons (Fsp3) is 0.316. The Balaban J connectivity index is 1.72. The molecule has 3 rings (SSSR count). The van der Waals surface area contributed by atoms with Crippen molar-refractivity contribution < 1.29 is 14.0 Å². The highest BCUT2D eigenvalue weighted by atomic mass is 19.1. The zero-order valence-electron chi connectivity index (χ0n) is 14.7. The van der Waals surface area contributed by atoms with Gasteiger partial charge in [0.25, 0.3) is 0 Å². The number of aryl methyl sites for hydroxylation is 1. The monoisotopic (exact) mass is 356 g/mol. The summed E-state index contributed by atoms with van der Waals surface area (Å²) in [5.41, 5.74) is 2.28. The van der Waals surface area contributed by atoms with Crippen molar-refractivity contribution in [2.24, 2.45) is 5.92 Å². The van der Waals surface area contributed by atoms with Crippen molar-refractivity contribution in [2.75, 3.05) is 10.6 Å². The molecule has 2 aromatic rings. The predicted octanol–water partition coefficient (Wildman–Crippen LogP) is 3.76. The van der Waals surface area contributed by atoms with E-state index in [1.54, 1.807) is 6.20 Å². The number of carbonyl (C=O) groups is 2. The zero-order valence-corrected chi connectivity index (χ0v) is 14.7. The van der Waals surface area contributed by atoms with Crippen LogP contribution in [0.15, 0.2) is 36.5 Å². The molecule has 1 saturated carbocycles. The highest BCUT2D eigenvalue weighted by Crippen LogP contribution is 2.40. The first-order chi connectivity index (χ1) is 12.4. The van der Waals surface area contributed by atoms with Gasteiger partial charge in [-0.15, -0.1) is 0 Å². The molecule has 1 aromatic heterocycles. The van der Waals surface area contributed by atoms with E-state index in [0.29, 0.717) is 11.6 Å². The minimum atomic E-state index is -0.578. The fourth-order valence-electron chi connectivity index (χ4n) is 2.79. The maximum Gasteiger partial charge on any atom is 0.319 e. The molecule has 1 aliphatic rings. The van der Waals surface area contributed by atoms with E-state index in [-0.39, 0.29) is 17.6 Å². The molecule has 1 aliphatic carbocycles. The van der Waals surface area contributed by atoms with Crippen LogP contribution < -0.4 is 16.0 Å². The first-order valence-corrected chi connectivity index (χ1v) is 8.49. The summed E-state index contributed by atoms with van der Waals surface area (Å²) in [6.07, 6.45) is 3.76. The van der Waals surface area contributed by atoms with Crippen molar-refractivity contribution >= 4 is 23.3 Å². The van der Waals surface area contributed by atoms with Crippen LogP contribution in [0.5, 0.6) is 0 Å². The number of urea groups is 1. The average molecular weight is 356 g/mol. The normalized spacial score (nSPS) is 14.4. The van der Waals surface area contributed by atoms with Gasteiger partial charge in [-0.25, -0.2) is 9.18 Å². The van der Waals surface area contributed by atoms with Crippen molar-refractivity contribution in [1.29, 1.82) is 0 Å². The number of hydrogen-bond donors (Lipinski definition) is 3. The number of anilines is 2. The molecular formula is C19H21FN4O2. The molecule has 1 unspecified atom stereocenters. The smallest absolute Gasteiger partial charge is 0.319 e. The van der Waals surface area contributed by atoms with Crippen LogP contribution in [0.2, 0.25) is 0 Å². The Hall–Kier alpha value is -2.96.